The summed E-state index contributed by atoms with van der Waals surface area (Å²) in [6.07, 6.45) is 19.3. The molecule has 0 aliphatic heterocycles. The molecule has 182 valence electrons. The van der Waals surface area contributed by atoms with E-state index in [2.05, 4.69) is 20.8 Å². The zero-order chi connectivity index (χ0) is 23.8. The number of carboxylic acids is 2. The first kappa shape index (κ1) is 28.2. The number of carboxylic acid groups (broad SMARTS) is 2. The smallest absolute Gasteiger partial charge is 0.336 e. The van der Waals surface area contributed by atoms with Crippen molar-refractivity contribution in [1.29, 1.82) is 0 Å². The van der Waals surface area contributed by atoms with Crippen LogP contribution in [0.15, 0.2) is 12.1 Å². The molecule has 0 fully saturated rings. The highest BCUT2D eigenvalue weighted by atomic mass is 16.4. The van der Waals surface area contributed by atoms with Crippen LogP contribution < -0.4 is 0 Å². The van der Waals surface area contributed by atoms with Gasteiger partial charge in [-0.25, -0.2) is 9.59 Å². The Morgan fingerprint density at radius 2 is 1.19 bits per heavy atom. The molecule has 1 aromatic carbocycles. The van der Waals surface area contributed by atoms with Crippen molar-refractivity contribution >= 4 is 11.9 Å². The summed E-state index contributed by atoms with van der Waals surface area (Å²) < 4.78 is 0. The Morgan fingerprint density at radius 1 is 0.719 bits per heavy atom. The van der Waals surface area contributed by atoms with E-state index in [0.29, 0.717) is 12.3 Å². The van der Waals surface area contributed by atoms with Gasteiger partial charge in [0.05, 0.1) is 11.1 Å². The van der Waals surface area contributed by atoms with Crippen LogP contribution in [0.3, 0.4) is 0 Å². The standard InChI is InChI=1S/C28H46O4/c1-4-5-6-7-8-9-10-11-12-13-14-15-16-17-18-24-23(21-22(2)3)19-20-25(27(29)30)26(24)28(31)32/h19-20,22H,4-18,21H2,1-3H3,(H,29,30)(H,31,32). The molecule has 0 saturated carbocycles. The summed E-state index contributed by atoms with van der Waals surface area (Å²) in [4.78, 5) is 23.4. The van der Waals surface area contributed by atoms with E-state index >= 15 is 0 Å². The van der Waals surface area contributed by atoms with Crippen molar-refractivity contribution in [2.75, 3.05) is 0 Å². The molecule has 0 amide bonds. The number of rotatable bonds is 19. The lowest BCUT2D eigenvalue weighted by Gasteiger charge is -2.16. The molecule has 0 spiro atoms. The van der Waals surface area contributed by atoms with Gasteiger partial charge in [0.1, 0.15) is 0 Å². The van der Waals surface area contributed by atoms with Crippen LogP contribution in [-0.2, 0) is 12.8 Å². The number of aromatic carboxylic acids is 2. The van der Waals surface area contributed by atoms with Crippen molar-refractivity contribution in [3.8, 4) is 0 Å². The minimum Gasteiger partial charge on any atom is -0.478 e. The second-order valence-electron chi connectivity index (χ2n) is 9.68. The normalized spacial score (nSPS) is 11.2. The maximum absolute atomic E-state index is 11.9. The number of benzene rings is 1. The molecule has 4 nitrogen and oxygen atoms in total. The molecule has 0 unspecified atom stereocenters. The van der Waals surface area contributed by atoms with Gasteiger partial charge in [-0.05, 0) is 42.4 Å². The van der Waals surface area contributed by atoms with Crippen LogP contribution in [0.1, 0.15) is 143 Å². The third kappa shape index (κ3) is 11.2. The maximum Gasteiger partial charge on any atom is 0.336 e. The molecule has 0 aliphatic rings. The SMILES string of the molecule is CCCCCCCCCCCCCCCCc1c(CC(C)C)ccc(C(=O)O)c1C(=O)O. The predicted octanol–water partition coefficient (Wildman–Crippen LogP) is 8.31. The summed E-state index contributed by atoms with van der Waals surface area (Å²) in [5.74, 6) is -1.91. The molecule has 1 aromatic rings. The Kier molecular flexibility index (Phi) is 14.8. The van der Waals surface area contributed by atoms with Crippen molar-refractivity contribution in [3.63, 3.8) is 0 Å². The topological polar surface area (TPSA) is 74.6 Å². The van der Waals surface area contributed by atoms with Gasteiger partial charge in [0.25, 0.3) is 0 Å². The van der Waals surface area contributed by atoms with Gasteiger partial charge in [0, 0.05) is 0 Å². The summed E-state index contributed by atoms with van der Waals surface area (Å²) in [5.41, 5.74) is 1.61. The largest absolute Gasteiger partial charge is 0.478 e. The molecule has 1 rings (SSSR count). The monoisotopic (exact) mass is 446 g/mol. The Morgan fingerprint density at radius 3 is 1.59 bits per heavy atom. The highest BCUT2D eigenvalue weighted by molar-refractivity contribution is 6.03. The zero-order valence-corrected chi connectivity index (χ0v) is 20.8. The van der Waals surface area contributed by atoms with Crippen molar-refractivity contribution in [2.24, 2.45) is 5.92 Å². The summed E-state index contributed by atoms with van der Waals surface area (Å²) in [6, 6.07) is 3.27. The van der Waals surface area contributed by atoms with Crippen molar-refractivity contribution in [2.45, 2.75) is 124 Å². The first-order chi connectivity index (χ1) is 15.4. The van der Waals surface area contributed by atoms with Crippen LogP contribution in [0.4, 0.5) is 0 Å². The lowest BCUT2D eigenvalue weighted by molar-refractivity contribution is 0.0650. The van der Waals surface area contributed by atoms with E-state index in [1.807, 2.05) is 6.07 Å². The third-order valence-corrected chi connectivity index (χ3v) is 6.26. The Bertz CT molecular complexity index is 678. The zero-order valence-electron chi connectivity index (χ0n) is 20.8. The van der Waals surface area contributed by atoms with Gasteiger partial charge in [0.15, 0.2) is 0 Å². The lowest BCUT2D eigenvalue weighted by Crippen LogP contribution is -2.14. The fourth-order valence-corrected chi connectivity index (χ4v) is 4.53. The molecular weight excluding hydrogens is 400 g/mol. The minimum absolute atomic E-state index is 0.00894. The Balaban J connectivity index is 2.38. The van der Waals surface area contributed by atoms with Crippen LogP contribution >= 0.6 is 0 Å². The number of hydrogen-bond donors (Lipinski definition) is 2. The predicted molar refractivity (Wildman–Crippen MR) is 133 cm³/mol. The Labute approximate surface area is 195 Å². The van der Waals surface area contributed by atoms with Gasteiger partial charge in [-0.15, -0.1) is 0 Å². The molecular formula is C28H46O4. The average molecular weight is 447 g/mol. The molecule has 2 N–H and O–H groups in total. The molecule has 0 heterocycles. The van der Waals surface area contributed by atoms with E-state index in [1.165, 1.54) is 76.7 Å². The molecule has 0 aliphatic carbocycles. The molecule has 32 heavy (non-hydrogen) atoms. The fraction of sp³-hybridized carbons (Fsp3) is 0.714. The third-order valence-electron chi connectivity index (χ3n) is 6.26. The average Bonchev–Trinajstić information content (AvgIpc) is 2.73. The van der Waals surface area contributed by atoms with Gasteiger partial charge in [-0.2, -0.15) is 0 Å². The van der Waals surface area contributed by atoms with Gasteiger partial charge in [0.2, 0.25) is 0 Å². The highest BCUT2D eigenvalue weighted by Gasteiger charge is 2.22. The summed E-state index contributed by atoms with van der Waals surface area (Å²) >= 11 is 0. The summed E-state index contributed by atoms with van der Waals surface area (Å²) in [6.45, 7) is 6.46. The van der Waals surface area contributed by atoms with Gasteiger partial charge in [-0.3, -0.25) is 0 Å². The molecule has 0 aromatic heterocycles. The Hall–Kier alpha value is -1.84. The second kappa shape index (κ2) is 16.7. The van der Waals surface area contributed by atoms with Crippen molar-refractivity contribution in [1.82, 2.24) is 0 Å². The van der Waals surface area contributed by atoms with E-state index in [4.69, 9.17) is 0 Å². The first-order valence-electron chi connectivity index (χ1n) is 13.0. The molecule has 0 atom stereocenters. The molecule has 4 heteroatoms. The summed E-state index contributed by atoms with van der Waals surface area (Å²) in [5, 5.41) is 19.1. The lowest BCUT2D eigenvalue weighted by atomic mass is 9.88. The van der Waals surface area contributed by atoms with E-state index in [9.17, 15) is 19.8 Å². The van der Waals surface area contributed by atoms with Gasteiger partial charge >= 0.3 is 11.9 Å². The van der Waals surface area contributed by atoms with Crippen LogP contribution in [0, 0.1) is 5.92 Å². The van der Waals surface area contributed by atoms with Gasteiger partial charge < -0.3 is 10.2 Å². The van der Waals surface area contributed by atoms with E-state index in [-0.39, 0.29) is 11.1 Å². The number of hydrogen-bond acceptors (Lipinski definition) is 2. The van der Waals surface area contributed by atoms with Gasteiger partial charge in [-0.1, -0.05) is 110 Å². The summed E-state index contributed by atoms with van der Waals surface area (Å²) in [7, 11) is 0. The first-order valence-corrected chi connectivity index (χ1v) is 13.0. The van der Waals surface area contributed by atoms with Crippen LogP contribution in [0.2, 0.25) is 0 Å². The van der Waals surface area contributed by atoms with Crippen LogP contribution in [0.25, 0.3) is 0 Å². The number of carbonyl (C=O) groups is 2. The second-order valence-corrected chi connectivity index (χ2v) is 9.68. The molecule has 0 bridgehead atoms. The van der Waals surface area contributed by atoms with Crippen molar-refractivity contribution < 1.29 is 19.8 Å². The highest BCUT2D eigenvalue weighted by Crippen LogP contribution is 2.25. The quantitative estimate of drug-likeness (QED) is 0.210. The molecule has 0 saturated heterocycles. The maximum atomic E-state index is 11.9. The minimum atomic E-state index is -1.17. The van der Waals surface area contributed by atoms with Crippen LogP contribution in [-0.4, -0.2) is 22.2 Å². The molecule has 0 radical (unpaired) electrons. The van der Waals surface area contributed by atoms with E-state index in [1.54, 1.807) is 0 Å². The van der Waals surface area contributed by atoms with E-state index in [0.717, 1.165) is 36.8 Å². The fourth-order valence-electron chi connectivity index (χ4n) is 4.53. The number of unbranched alkanes of at least 4 members (excludes halogenated alkanes) is 13. The van der Waals surface area contributed by atoms with Crippen LogP contribution in [0.5, 0.6) is 0 Å². The van der Waals surface area contributed by atoms with E-state index < -0.39 is 11.9 Å². The van der Waals surface area contributed by atoms with Crippen molar-refractivity contribution in [3.05, 3.63) is 34.4 Å².